The van der Waals surface area contributed by atoms with Crippen molar-refractivity contribution in [2.75, 3.05) is 4.90 Å². The summed E-state index contributed by atoms with van der Waals surface area (Å²) in [6.07, 6.45) is 0. The number of nitrogens with zero attached hydrogens (tertiary/aromatic N) is 4. The lowest BCUT2D eigenvalue weighted by Gasteiger charge is -2.22. The maximum Gasteiger partial charge on any atom is 0.195 e. The van der Waals surface area contributed by atoms with Gasteiger partial charge in [-0.05, 0) is 96.1 Å². The molecule has 5 heteroatoms. The van der Waals surface area contributed by atoms with E-state index in [1.54, 1.807) is 11.3 Å². The first kappa shape index (κ1) is 34.3. The highest BCUT2D eigenvalue weighted by Gasteiger charge is 2.23. The molecule has 0 saturated heterocycles. The summed E-state index contributed by atoms with van der Waals surface area (Å²) in [6.45, 7) is 0. The van der Waals surface area contributed by atoms with E-state index in [2.05, 4.69) is 232 Å². The number of hydrogen-bond acceptors (Lipinski definition) is 3. The van der Waals surface area contributed by atoms with E-state index in [9.17, 15) is 0 Å². The molecule has 282 valence electrons. The molecule has 3 heterocycles. The minimum Gasteiger partial charge on any atom is -0.309 e. The van der Waals surface area contributed by atoms with Gasteiger partial charge in [0.15, 0.2) is 5.13 Å². The zero-order valence-electron chi connectivity index (χ0n) is 32.5. The van der Waals surface area contributed by atoms with Crippen LogP contribution in [0.2, 0.25) is 0 Å². The zero-order valence-corrected chi connectivity index (χ0v) is 33.3. The minimum atomic E-state index is 0.916. The van der Waals surface area contributed by atoms with Crippen LogP contribution in [0.3, 0.4) is 0 Å². The molecule has 3 aromatic heterocycles. The average Bonchev–Trinajstić information content (AvgIpc) is 4.00. The number of rotatable bonds is 7. The van der Waals surface area contributed by atoms with E-state index < -0.39 is 0 Å². The number of fused-ring (bicyclic) bond motifs is 7. The molecule has 0 saturated carbocycles. The Morgan fingerprint density at radius 3 is 1.30 bits per heavy atom. The van der Waals surface area contributed by atoms with Crippen molar-refractivity contribution in [2.45, 2.75) is 0 Å². The highest BCUT2D eigenvalue weighted by molar-refractivity contribution is 7.23. The van der Waals surface area contributed by atoms with Gasteiger partial charge in [-0.2, -0.15) is 0 Å². The van der Waals surface area contributed by atoms with Crippen LogP contribution in [0.25, 0.3) is 87.5 Å². The Labute approximate surface area is 351 Å². The number of anilines is 3. The van der Waals surface area contributed by atoms with Crippen LogP contribution in [-0.2, 0) is 0 Å². The van der Waals surface area contributed by atoms with Crippen LogP contribution in [0.1, 0.15) is 0 Å². The molecule has 0 amide bonds. The molecule has 0 radical (unpaired) electrons. The maximum absolute atomic E-state index is 5.61. The van der Waals surface area contributed by atoms with Gasteiger partial charge in [0.2, 0.25) is 0 Å². The summed E-state index contributed by atoms with van der Waals surface area (Å²) in [7, 11) is 0. The van der Waals surface area contributed by atoms with Crippen molar-refractivity contribution in [2.24, 2.45) is 0 Å². The van der Waals surface area contributed by atoms with Gasteiger partial charge in [0.25, 0.3) is 0 Å². The lowest BCUT2D eigenvalue weighted by atomic mass is 9.97. The van der Waals surface area contributed by atoms with Crippen LogP contribution in [0, 0.1) is 0 Å². The van der Waals surface area contributed by atoms with E-state index in [0.29, 0.717) is 0 Å². The van der Waals surface area contributed by atoms with E-state index in [0.717, 1.165) is 54.8 Å². The summed E-state index contributed by atoms with van der Waals surface area (Å²) in [6, 6.07) is 78.4. The van der Waals surface area contributed by atoms with Crippen molar-refractivity contribution in [3.63, 3.8) is 0 Å². The van der Waals surface area contributed by atoms with Gasteiger partial charge in [-0.15, -0.1) is 0 Å². The van der Waals surface area contributed by atoms with E-state index in [4.69, 9.17) is 4.98 Å². The van der Waals surface area contributed by atoms with Crippen LogP contribution in [0.4, 0.5) is 16.5 Å². The fourth-order valence-electron chi connectivity index (χ4n) is 9.07. The molecule has 0 spiro atoms. The molecule has 0 atom stereocenters. The SMILES string of the molecule is c1ccc(N(c2ccccc2)c2nc3c(-c4ccc5c(c4)c4ccccc4n5-c4ccccc4)ccc(-c4ccc5c(c4)c4ccccc4n5-c4ccccc4)c3s2)cc1. The van der Waals surface area contributed by atoms with Gasteiger partial charge in [-0.25, -0.2) is 4.98 Å². The molecule has 9 aromatic carbocycles. The lowest BCUT2D eigenvalue weighted by molar-refractivity contribution is 1.18. The first-order valence-corrected chi connectivity index (χ1v) is 21.1. The molecule has 12 aromatic rings. The number of aromatic nitrogens is 3. The minimum absolute atomic E-state index is 0.916. The summed E-state index contributed by atoms with van der Waals surface area (Å²) >= 11 is 1.75. The Kier molecular flexibility index (Phi) is 8.00. The highest BCUT2D eigenvalue weighted by Crippen LogP contribution is 2.47. The number of para-hydroxylation sites is 6. The number of benzene rings is 9. The van der Waals surface area contributed by atoms with Gasteiger partial charge >= 0.3 is 0 Å². The molecule has 0 N–H and O–H groups in total. The van der Waals surface area contributed by atoms with Gasteiger partial charge in [0, 0.05) is 55.4 Å². The van der Waals surface area contributed by atoms with Gasteiger partial charge < -0.3 is 9.13 Å². The van der Waals surface area contributed by atoms with Crippen molar-refractivity contribution in [1.29, 1.82) is 0 Å². The lowest BCUT2D eigenvalue weighted by Crippen LogP contribution is -2.09. The van der Waals surface area contributed by atoms with E-state index >= 15 is 0 Å². The quantitative estimate of drug-likeness (QED) is 0.161. The summed E-state index contributed by atoms with van der Waals surface area (Å²) in [5.41, 5.74) is 14.8. The summed E-state index contributed by atoms with van der Waals surface area (Å²) < 4.78 is 5.90. The third kappa shape index (κ3) is 5.48. The number of thiazole rings is 1. The van der Waals surface area contributed by atoms with Gasteiger partial charge in [-0.3, -0.25) is 4.90 Å². The summed E-state index contributed by atoms with van der Waals surface area (Å²) in [5.74, 6) is 0. The molecule has 0 fully saturated rings. The molecule has 0 aliphatic heterocycles. The van der Waals surface area contributed by atoms with Gasteiger partial charge in [0.05, 0.1) is 32.3 Å². The van der Waals surface area contributed by atoms with Crippen molar-refractivity contribution in [3.05, 3.63) is 218 Å². The van der Waals surface area contributed by atoms with Crippen molar-refractivity contribution >= 4 is 81.7 Å². The third-order valence-electron chi connectivity index (χ3n) is 11.7. The average molecular weight is 785 g/mol. The molecule has 0 aliphatic carbocycles. The first-order valence-electron chi connectivity index (χ1n) is 20.3. The fraction of sp³-hybridized carbons (Fsp3) is 0. The Morgan fingerprint density at radius 2 is 0.783 bits per heavy atom. The predicted molar refractivity (Wildman–Crippen MR) is 254 cm³/mol. The summed E-state index contributed by atoms with van der Waals surface area (Å²) in [4.78, 5) is 7.90. The standard InChI is InChI=1S/C55H36N4S/c1-5-17-39(18-6-1)57(40-19-7-2-8-20-40)55-56-53-43(37-29-33-51-47(35-37)45-25-13-15-27-49(45)58(51)41-21-9-3-10-22-41)31-32-44(54(53)60-55)38-30-34-52-48(36-38)46-26-14-16-28-50(46)59(52)42-23-11-4-12-24-42/h1-36H. The normalized spacial score (nSPS) is 11.7. The fourth-order valence-corrected chi connectivity index (χ4v) is 10.2. The second kappa shape index (κ2) is 14.0. The van der Waals surface area contributed by atoms with E-state index in [-0.39, 0.29) is 0 Å². The Balaban J connectivity index is 1.10. The summed E-state index contributed by atoms with van der Waals surface area (Å²) in [5, 5.41) is 5.82. The predicted octanol–water partition coefficient (Wildman–Crippen LogP) is 15.3. The maximum atomic E-state index is 5.61. The Morgan fingerprint density at radius 1 is 0.367 bits per heavy atom. The van der Waals surface area contributed by atoms with Gasteiger partial charge in [0.1, 0.15) is 0 Å². The van der Waals surface area contributed by atoms with E-state index in [1.165, 1.54) is 49.2 Å². The Hall–Kier alpha value is -7.73. The molecular formula is C55H36N4S. The molecule has 0 aliphatic rings. The van der Waals surface area contributed by atoms with Crippen LogP contribution in [0.5, 0.6) is 0 Å². The van der Waals surface area contributed by atoms with Crippen molar-refractivity contribution in [3.8, 4) is 33.6 Å². The largest absolute Gasteiger partial charge is 0.309 e. The van der Waals surface area contributed by atoms with Crippen LogP contribution in [0.15, 0.2) is 218 Å². The van der Waals surface area contributed by atoms with Gasteiger partial charge in [-0.1, -0.05) is 145 Å². The van der Waals surface area contributed by atoms with Crippen LogP contribution < -0.4 is 4.90 Å². The molecular weight excluding hydrogens is 749 g/mol. The van der Waals surface area contributed by atoms with Crippen LogP contribution in [-0.4, -0.2) is 14.1 Å². The second-order valence-corrected chi connectivity index (χ2v) is 16.2. The molecule has 12 rings (SSSR count). The third-order valence-corrected chi connectivity index (χ3v) is 12.8. The molecule has 4 nitrogen and oxygen atoms in total. The molecule has 0 unspecified atom stereocenters. The number of hydrogen-bond donors (Lipinski definition) is 0. The zero-order chi connectivity index (χ0) is 39.6. The molecule has 0 bridgehead atoms. The van der Waals surface area contributed by atoms with Crippen LogP contribution >= 0.6 is 11.3 Å². The topological polar surface area (TPSA) is 26.0 Å². The first-order chi connectivity index (χ1) is 29.8. The molecule has 60 heavy (non-hydrogen) atoms. The Bertz CT molecular complexity index is 3300. The smallest absolute Gasteiger partial charge is 0.195 e. The second-order valence-electron chi connectivity index (χ2n) is 15.2. The van der Waals surface area contributed by atoms with Crippen molar-refractivity contribution in [1.82, 2.24) is 14.1 Å². The van der Waals surface area contributed by atoms with Crippen molar-refractivity contribution < 1.29 is 0 Å². The van der Waals surface area contributed by atoms with E-state index in [1.807, 2.05) is 0 Å². The monoisotopic (exact) mass is 784 g/mol. The highest BCUT2D eigenvalue weighted by atomic mass is 32.1.